The Morgan fingerprint density at radius 2 is 1.83 bits per heavy atom. The van der Waals surface area contributed by atoms with E-state index < -0.39 is 0 Å². The number of benzene rings is 1. The first-order chi connectivity index (χ1) is 14.5. The molecular weight excluding hydrogens is 386 g/mol. The highest BCUT2D eigenvalue weighted by Crippen LogP contribution is 2.40. The van der Waals surface area contributed by atoms with Gasteiger partial charge in [-0.05, 0) is 30.4 Å². The first-order valence-electron chi connectivity index (χ1n) is 10.4. The summed E-state index contributed by atoms with van der Waals surface area (Å²) in [6.07, 6.45) is 4.15. The first kappa shape index (κ1) is 21.9. The van der Waals surface area contributed by atoms with Crippen molar-refractivity contribution in [2.45, 2.75) is 52.0 Å². The summed E-state index contributed by atoms with van der Waals surface area (Å²) in [5, 5.41) is 7.21. The summed E-state index contributed by atoms with van der Waals surface area (Å²) in [7, 11) is 4.65. The first-order valence-corrected chi connectivity index (χ1v) is 10.4. The van der Waals surface area contributed by atoms with E-state index in [9.17, 15) is 4.79 Å². The van der Waals surface area contributed by atoms with E-state index in [1.807, 2.05) is 0 Å². The third-order valence-corrected chi connectivity index (χ3v) is 6.01. The molecular formula is C22H31N3O5. The largest absolute Gasteiger partial charge is 0.493 e. The van der Waals surface area contributed by atoms with Gasteiger partial charge in [-0.15, -0.1) is 0 Å². The van der Waals surface area contributed by atoms with E-state index in [1.165, 1.54) is 6.42 Å². The van der Waals surface area contributed by atoms with Gasteiger partial charge in [-0.3, -0.25) is 4.79 Å². The molecule has 8 nitrogen and oxygen atoms in total. The Bertz CT molecular complexity index is 841. The van der Waals surface area contributed by atoms with E-state index in [-0.39, 0.29) is 11.9 Å². The van der Waals surface area contributed by atoms with Gasteiger partial charge in [0, 0.05) is 24.4 Å². The zero-order valence-electron chi connectivity index (χ0n) is 18.4. The predicted octanol–water partition coefficient (Wildman–Crippen LogP) is 3.64. The molecule has 3 unspecified atom stereocenters. The molecule has 1 N–H and O–H groups in total. The fourth-order valence-electron chi connectivity index (χ4n) is 3.97. The Labute approximate surface area is 177 Å². The lowest BCUT2D eigenvalue weighted by molar-refractivity contribution is -0.122. The number of nitrogens with one attached hydrogen (secondary N) is 1. The molecule has 0 radical (unpaired) electrons. The summed E-state index contributed by atoms with van der Waals surface area (Å²) in [5.41, 5.74) is 0.675. The van der Waals surface area contributed by atoms with Gasteiger partial charge in [0.15, 0.2) is 11.5 Å². The van der Waals surface area contributed by atoms with Crippen LogP contribution in [0.15, 0.2) is 16.7 Å². The summed E-state index contributed by atoms with van der Waals surface area (Å²) < 4.78 is 21.4. The molecule has 0 spiro atoms. The highest BCUT2D eigenvalue weighted by molar-refractivity contribution is 5.76. The molecule has 3 atom stereocenters. The molecule has 2 aromatic rings. The van der Waals surface area contributed by atoms with Crippen LogP contribution in [0.3, 0.4) is 0 Å². The topological polar surface area (TPSA) is 95.7 Å². The van der Waals surface area contributed by atoms with Crippen molar-refractivity contribution in [3.63, 3.8) is 0 Å². The van der Waals surface area contributed by atoms with Gasteiger partial charge in [0.25, 0.3) is 0 Å². The maximum atomic E-state index is 12.4. The van der Waals surface area contributed by atoms with Gasteiger partial charge < -0.3 is 24.1 Å². The van der Waals surface area contributed by atoms with Gasteiger partial charge in [0.2, 0.25) is 23.4 Å². The number of amides is 1. The van der Waals surface area contributed by atoms with Crippen LogP contribution in [0, 0.1) is 11.8 Å². The monoisotopic (exact) mass is 417 g/mol. The Morgan fingerprint density at radius 3 is 2.47 bits per heavy atom. The van der Waals surface area contributed by atoms with Crippen LogP contribution < -0.4 is 19.5 Å². The number of carbonyl (C=O) groups excluding carboxylic acids is 1. The van der Waals surface area contributed by atoms with Crippen molar-refractivity contribution in [1.29, 1.82) is 0 Å². The smallest absolute Gasteiger partial charge is 0.227 e. The van der Waals surface area contributed by atoms with Crippen LogP contribution >= 0.6 is 0 Å². The maximum Gasteiger partial charge on any atom is 0.227 e. The third-order valence-electron chi connectivity index (χ3n) is 6.01. The average molecular weight is 418 g/mol. The zero-order chi connectivity index (χ0) is 21.7. The molecule has 1 aromatic carbocycles. The van der Waals surface area contributed by atoms with Crippen molar-refractivity contribution in [3.05, 3.63) is 18.0 Å². The van der Waals surface area contributed by atoms with Crippen LogP contribution in [0.5, 0.6) is 17.2 Å². The lowest BCUT2D eigenvalue weighted by Crippen LogP contribution is -2.43. The second-order valence-corrected chi connectivity index (χ2v) is 7.87. The van der Waals surface area contributed by atoms with Crippen LogP contribution in [-0.4, -0.2) is 43.4 Å². The molecule has 30 heavy (non-hydrogen) atoms. The minimum absolute atomic E-state index is 0.0217. The average Bonchev–Trinajstić information content (AvgIpc) is 3.23. The highest BCUT2D eigenvalue weighted by atomic mass is 16.5. The van der Waals surface area contributed by atoms with Gasteiger partial charge in [-0.25, -0.2) is 0 Å². The van der Waals surface area contributed by atoms with E-state index in [4.69, 9.17) is 18.7 Å². The fraction of sp³-hybridized carbons (Fsp3) is 0.591. The highest BCUT2D eigenvalue weighted by Gasteiger charge is 2.28. The summed E-state index contributed by atoms with van der Waals surface area (Å²) in [4.78, 5) is 16.8. The fourth-order valence-corrected chi connectivity index (χ4v) is 3.97. The van der Waals surface area contributed by atoms with E-state index in [1.54, 1.807) is 33.5 Å². The van der Waals surface area contributed by atoms with Gasteiger partial charge >= 0.3 is 0 Å². The number of aryl methyl sites for hydroxylation is 1. The summed E-state index contributed by atoms with van der Waals surface area (Å²) in [5.74, 6) is 3.49. The molecule has 8 heteroatoms. The van der Waals surface area contributed by atoms with Crippen molar-refractivity contribution in [3.8, 4) is 28.6 Å². The molecule has 0 bridgehead atoms. The molecule has 0 saturated heterocycles. The van der Waals surface area contributed by atoms with Crippen LogP contribution in [-0.2, 0) is 11.2 Å². The van der Waals surface area contributed by atoms with E-state index in [0.717, 1.165) is 12.8 Å². The second-order valence-electron chi connectivity index (χ2n) is 7.87. The Hall–Kier alpha value is -2.77. The standard InChI is InChI=1S/C22H31N3O5/c1-13-7-6-8-16(14(13)2)23-19(26)9-10-20-24-22(25-30-20)15-11-17(27-3)21(29-5)18(12-15)28-4/h11-14,16H,6-10H2,1-5H3,(H,23,26). The molecule has 0 aliphatic heterocycles. The molecule has 1 aliphatic rings. The summed E-state index contributed by atoms with van der Waals surface area (Å²) in [6, 6.07) is 3.77. The number of hydrogen-bond donors (Lipinski definition) is 1. The van der Waals surface area contributed by atoms with Gasteiger partial charge in [0.1, 0.15) is 0 Å². The number of hydrogen-bond acceptors (Lipinski definition) is 7. The van der Waals surface area contributed by atoms with Crippen LogP contribution in [0.4, 0.5) is 0 Å². The minimum atomic E-state index is 0.0217. The molecule has 1 saturated carbocycles. The third kappa shape index (κ3) is 4.86. The normalized spacial score (nSPS) is 21.2. The number of rotatable bonds is 8. The van der Waals surface area contributed by atoms with Crippen molar-refractivity contribution < 1.29 is 23.5 Å². The predicted molar refractivity (Wildman–Crippen MR) is 112 cm³/mol. The maximum absolute atomic E-state index is 12.4. The van der Waals surface area contributed by atoms with Crippen molar-refractivity contribution >= 4 is 5.91 Å². The molecule has 1 fully saturated rings. The molecule has 1 heterocycles. The minimum Gasteiger partial charge on any atom is -0.493 e. The molecule has 1 aliphatic carbocycles. The summed E-state index contributed by atoms with van der Waals surface area (Å²) in [6.45, 7) is 4.47. The summed E-state index contributed by atoms with van der Waals surface area (Å²) >= 11 is 0. The Kier molecular flexibility index (Phi) is 7.18. The molecule has 1 amide bonds. The SMILES string of the molecule is COc1cc(-c2noc(CCC(=O)NC3CCCC(C)C3C)n2)cc(OC)c1OC. The Morgan fingerprint density at radius 1 is 1.13 bits per heavy atom. The van der Waals surface area contributed by atoms with E-state index in [0.29, 0.717) is 59.2 Å². The van der Waals surface area contributed by atoms with Crippen molar-refractivity contribution in [2.24, 2.45) is 11.8 Å². The van der Waals surface area contributed by atoms with Crippen LogP contribution in [0.2, 0.25) is 0 Å². The number of nitrogens with zero attached hydrogens (tertiary/aromatic N) is 2. The molecule has 3 rings (SSSR count). The lowest BCUT2D eigenvalue weighted by atomic mass is 9.78. The lowest BCUT2D eigenvalue weighted by Gasteiger charge is -2.34. The van der Waals surface area contributed by atoms with Gasteiger partial charge in [-0.1, -0.05) is 31.8 Å². The van der Waals surface area contributed by atoms with Gasteiger partial charge in [-0.2, -0.15) is 4.98 Å². The van der Waals surface area contributed by atoms with Crippen LogP contribution in [0.25, 0.3) is 11.4 Å². The zero-order valence-corrected chi connectivity index (χ0v) is 18.4. The van der Waals surface area contributed by atoms with Crippen molar-refractivity contribution in [2.75, 3.05) is 21.3 Å². The number of methoxy groups -OCH3 is 3. The van der Waals surface area contributed by atoms with Crippen molar-refractivity contribution in [1.82, 2.24) is 15.5 Å². The molecule has 1 aromatic heterocycles. The van der Waals surface area contributed by atoms with Gasteiger partial charge in [0.05, 0.1) is 21.3 Å². The number of aromatic nitrogens is 2. The van der Waals surface area contributed by atoms with E-state index in [2.05, 4.69) is 29.3 Å². The Balaban J connectivity index is 1.63. The second kappa shape index (κ2) is 9.82. The van der Waals surface area contributed by atoms with E-state index >= 15 is 0 Å². The quantitative estimate of drug-likeness (QED) is 0.700. The molecule has 164 valence electrons. The van der Waals surface area contributed by atoms with Crippen LogP contribution in [0.1, 0.15) is 45.4 Å². The number of carbonyl (C=O) groups is 1. The number of ether oxygens (including phenoxy) is 3.